The molecule has 0 radical (unpaired) electrons. The molecule has 4 heteroatoms. The van der Waals surface area contributed by atoms with Crippen molar-refractivity contribution in [3.63, 3.8) is 0 Å². The molecule has 0 unspecified atom stereocenters. The summed E-state index contributed by atoms with van der Waals surface area (Å²) in [5.41, 5.74) is 0. The van der Waals surface area contributed by atoms with Crippen LogP contribution in [0.25, 0.3) is 0 Å². The van der Waals surface area contributed by atoms with E-state index in [2.05, 4.69) is 0 Å². The Balaban J connectivity index is 2.37. The zero-order valence-corrected chi connectivity index (χ0v) is 9.78. The molecule has 15 heavy (non-hydrogen) atoms. The maximum atomic E-state index is 11.9. The summed E-state index contributed by atoms with van der Waals surface area (Å²) < 4.78 is 0. The van der Waals surface area contributed by atoms with E-state index in [9.17, 15) is 4.79 Å². The molecule has 4 nitrogen and oxygen atoms in total. The van der Waals surface area contributed by atoms with Crippen molar-refractivity contribution in [1.29, 1.82) is 0 Å². The first kappa shape index (κ1) is 12.5. The van der Waals surface area contributed by atoms with Crippen LogP contribution in [-0.4, -0.2) is 59.6 Å². The summed E-state index contributed by atoms with van der Waals surface area (Å²) in [6, 6.07) is 0.496. The quantitative estimate of drug-likeness (QED) is 0.663. The second-order valence-corrected chi connectivity index (χ2v) is 4.00. The molecular weight excluding hydrogens is 192 g/mol. The Morgan fingerprint density at radius 1 is 1.33 bits per heavy atom. The lowest BCUT2D eigenvalue weighted by Crippen LogP contribution is -2.42. The molecule has 1 fully saturated rings. The van der Waals surface area contributed by atoms with Crippen LogP contribution in [0.15, 0.2) is 0 Å². The van der Waals surface area contributed by atoms with Gasteiger partial charge in [-0.1, -0.05) is 6.92 Å². The van der Waals surface area contributed by atoms with Crippen molar-refractivity contribution in [2.45, 2.75) is 32.7 Å². The highest BCUT2D eigenvalue weighted by atomic mass is 16.3. The molecule has 1 saturated carbocycles. The van der Waals surface area contributed by atoms with Gasteiger partial charge in [-0.15, -0.1) is 0 Å². The molecule has 0 saturated heterocycles. The lowest BCUT2D eigenvalue weighted by molar-refractivity contribution is -0.132. The maximum Gasteiger partial charge on any atom is 0.236 e. The van der Waals surface area contributed by atoms with E-state index in [1.54, 1.807) is 0 Å². The molecule has 1 amide bonds. The Morgan fingerprint density at radius 2 is 2.00 bits per heavy atom. The highest BCUT2D eigenvalue weighted by molar-refractivity contribution is 5.78. The molecule has 0 aromatic rings. The molecule has 0 aliphatic heterocycles. The predicted molar refractivity (Wildman–Crippen MR) is 59.6 cm³/mol. The lowest BCUT2D eigenvalue weighted by atomic mass is 10.4. The smallest absolute Gasteiger partial charge is 0.236 e. The lowest BCUT2D eigenvalue weighted by Gasteiger charge is -2.25. The summed E-state index contributed by atoms with van der Waals surface area (Å²) in [4.78, 5) is 15.8. The first-order valence-electron chi connectivity index (χ1n) is 5.85. The Bertz CT molecular complexity index is 205. The van der Waals surface area contributed by atoms with Gasteiger partial charge in [0.2, 0.25) is 5.91 Å². The molecule has 1 N–H and O–H groups in total. The first-order valence-corrected chi connectivity index (χ1v) is 5.85. The second kappa shape index (κ2) is 6.08. The monoisotopic (exact) mass is 214 g/mol. The molecule has 0 bridgehead atoms. The van der Waals surface area contributed by atoms with Gasteiger partial charge in [0.15, 0.2) is 0 Å². The molecule has 0 spiro atoms. The summed E-state index contributed by atoms with van der Waals surface area (Å²) in [5, 5.41) is 8.83. The fourth-order valence-electron chi connectivity index (χ4n) is 1.80. The van der Waals surface area contributed by atoms with Gasteiger partial charge in [-0.2, -0.15) is 0 Å². The predicted octanol–water partition coefficient (Wildman–Crippen LogP) is 0.311. The Hall–Kier alpha value is -0.610. The number of carbonyl (C=O) groups is 1. The van der Waals surface area contributed by atoms with Crippen molar-refractivity contribution in [2.75, 3.05) is 32.8 Å². The normalized spacial score (nSPS) is 15.7. The second-order valence-electron chi connectivity index (χ2n) is 4.00. The number of aliphatic hydroxyl groups excluding tert-OH is 1. The molecule has 0 aromatic heterocycles. The topological polar surface area (TPSA) is 43.8 Å². The van der Waals surface area contributed by atoms with Crippen LogP contribution in [0.2, 0.25) is 0 Å². The minimum Gasteiger partial charge on any atom is -0.395 e. The Morgan fingerprint density at radius 3 is 2.40 bits per heavy atom. The zero-order valence-electron chi connectivity index (χ0n) is 9.78. The Labute approximate surface area is 91.9 Å². The van der Waals surface area contributed by atoms with Crippen LogP contribution in [0.4, 0.5) is 0 Å². The highest BCUT2D eigenvalue weighted by Crippen LogP contribution is 2.26. The van der Waals surface area contributed by atoms with Gasteiger partial charge in [-0.05, 0) is 26.3 Å². The van der Waals surface area contributed by atoms with E-state index >= 15 is 0 Å². The van der Waals surface area contributed by atoms with Gasteiger partial charge in [-0.25, -0.2) is 0 Å². The number of amides is 1. The van der Waals surface area contributed by atoms with E-state index in [1.165, 1.54) is 0 Å². The van der Waals surface area contributed by atoms with Crippen LogP contribution in [0.3, 0.4) is 0 Å². The SMILES string of the molecule is CCN(CCO)CC(=O)N(CC)C1CC1. The van der Waals surface area contributed by atoms with Gasteiger partial charge >= 0.3 is 0 Å². The summed E-state index contributed by atoms with van der Waals surface area (Å²) >= 11 is 0. The minimum atomic E-state index is 0.122. The fourth-order valence-corrected chi connectivity index (χ4v) is 1.80. The zero-order chi connectivity index (χ0) is 11.3. The van der Waals surface area contributed by atoms with Gasteiger partial charge < -0.3 is 10.0 Å². The number of nitrogens with zero attached hydrogens (tertiary/aromatic N) is 2. The standard InChI is InChI=1S/C11H22N2O2/c1-3-12(7-8-14)9-11(15)13(4-2)10-5-6-10/h10,14H,3-9H2,1-2H3. The molecule has 1 aliphatic carbocycles. The molecular formula is C11H22N2O2. The van der Waals surface area contributed by atoms with E-state index in [0.29, 0.717) is 19.1 Å². The van der Waals surface area contributed by atoms with E-state index in [0.717, 1.165) is 25.9 Å². The summed E-state index contributed by atoms with van der Waals surface area (Å²) in [5.74, 6) is 0.204. The van der Waals surface area contributed by atoms with Crippen molar-refractivity contribution >= 4 is 5.91 Å². The van der Waals surface area contributed by atoms with Crippen LogP contribution < -0.4 is 0 Å². The average Bonchev–Trinajstić information content (AvgIpc) is 3.02. The summed E-state index contributed by atoms with van der Waals surface area (Å²) in [6.45, 7) is 6.81. The van der Waals surface area contributed by atoms with Crippen LogP contribution in [0, 0.1) is 0 Å². The van der Waals surface area contributed by atoms with E-state index < -0.39 is 0 Å². The summed E-state index contributed by atoms with van der Waals surface area (Å²) in [6.07, 6.45) is 2.32. The summed E-state index contributed by atoms with van der Waals surface area (Å²) in [7, 11) is 0. The van der Waals surface area contributed by atoms with Crippen molar-refractivity contribution in [1.82, 2.24) is 9.80 Å². The maximum absolute atomic E-state index is 11.9. The number of hydrogen-bond acceptors (Lipinski definition) is 3. The van der Waals surface area contributed by atoms with Crippen molar-refractivity contribution in [3.05, 3.63) is 0 Å². The van der Waals surface area contributed by atoms with Gasteiger partial charge in [-0.3, -0.25) is 9.69 Å². The van der Waals surface area contributed by atoms with Gasteiger partial charge in [0.25, 0.3) is 0 Å². The third kappa shape index (κ3) is 3.80. The van der Waals surface area contributed by atoms with Crippen molar-refractivity contribution in [3.8, 4) is 0 Å². The molecule has 1 aliphatic rings. The van der Waals surface area contributed by atoms with E-state index in [1.807, 2.05) is 23.6 Å². The van der Waals surface area contributed by atoms with E-state index in [-0.39, 0.29) is 12.5 Å². The van der Waals surface area contributed by atoms with Gasteiger partial charge in [0, 0.05) is 19.1 Å². The fraction of sp³-hybridized carbons (Fsp3) is 0.909. The number of likely N-dealkylation sites (N-methyl/N-ethyl adjacent to an activating group) is 2. The molecule has 0 aromatic carbocycles. The molecule has 1 rings (SSSR count). The third-order valence-corrected chi connectivity index (χ3v) is 2.87. The number of carbonyl (C=O) groups excluding carboxylic acids is 1. The van der Waals surface area contributed by atoms with Crippen LogP contribution in [0.1, 0.15) is 26.7 Å². The Kier molecular flexibility index (Phi) is 5.05. The number of rotatable bonds is 7. The minimum absolute atomic E-state index is 0.122. The van der Waals surface area contributed by atoms with E-state index in [4.69, 9.17) is 5.11 Å². The van der Waals surface area contributed by atoms with Crippen molar-refractivity contribution in [2.24, 2.45) is 0 Å². The van der Waals surface area contributed by atoms with Gasteiger partial charge in [0.1, 0.15) is 0 Å². The number of aliphatic hydroxyl groups is 1. The largest absolute Gasteiger partial charge is 0.395 e. The average molecular weight is 214 g/mol. The molecule has 0 atom stereocenters. The molecule has 0 heterocycles. The van der Waals surface area contributed by atoms with Gasteiger partial charge in [0.05, 0.1) is 13.2 Å². The van der Waals surface area contributed by atoms with Crippen LogP contribution in [-0.2, 0) is 4.79 Å². The van der Waals surface area contributed by atoms with Crippen LogP contribution >= 0.6 is 0 Å². The first-order chi connectivity index (χ1) is 7.22. The highest BCUT2D eigenvalue weighted by Gasteiger charge is 2.31. The van der Waals surface area contributed by atoms with Crippen molar-refractivity contribution < 1.29 is 9.90 Å². The number of hydrogen-bond donors (Lipinski definition) is 1. The third-order valence-electron chi connectivity index (χ3n) is 2.87. The molecule has 88 valence electrons. The van der Waals surface area contributed by atoms with Crippen LogP contribution in [0.5, 0.6) is 0 Å².